The molecule has 0 spiro atoms. The fourth-order valence-corrected chi connectivity index (χ4v) is 6.58. The van der Waals surface area contributed by atoms with Gasteiger partial charge in [-0.15, -0.1) is 12.6 Å². The molecule has 0 unspecified atom stereocenters. The molecule has 0 aliphatic rings. The first-order chi connectivity index (χ1) is 20.6. The Morgan fingerprint density at radius 2 is 0.911 bits per heavy atom. The van der Waals surface area contributed by atoms with Crippen LogP contribution in [0.3, 0.4) is 0 Å². The minimum absolute atomic E-state index is 0.220. The Bertz CT molecular complexity index is 1360. The number of quaternary nitrogens is 3. The van der Waals surface area contributed by atoms with Crippen molar-refractivity contribution in [1.82, 2.24) is 29.9 Å². The number of thiol groups is 1. The minimum Gasteiger partial charge on any atom is -0.544 e. The van der Waals surface area contributed by atoms with Gasteiger partial charge in [-0.1, -0.05) is 0 Å². The van der Waals surface area contributed by atoms with Crippen LogP contribution in [-0.4, -0.2) is 143 Å². The van der Waals surface area contributed by atoms with Crippen LogP contribution in [0.25, 0.3) is 0 Å². The highest BCUT2D eigenvalue weighted by atomic mass is 33.1. The first-order valence-corrected chi connectivity index (χ1v) is 16.4. The molecule has 0 amide bonds. The molecule has 18 heteroatoms. The molecular weight excluding hydrogens is 643 g/mol. The Hall–Kier alpha value is -3.03. The normalized spacial score (nSPS) is 14.3. The van der Waals surface area contributed by atoms with Crippen LogP contribution in [0, 0.1) is 0 Å². The summed E-state index contributed by atoms with van der Waals surface area (Å²) in [6.07, 6.45) is 5.38. The number of carbonyl (C=O) groups is 3. The Morgan fingerprint density at radius 1 is 0.622 bits per heavy atom. The van der Waals surface area contributed by atoms with Crippen LogP contribution in [0.5, 0.6) is 0 Å². The number of aliphatic carboxylic acids is 3. The number of aromatic amines is 3. The lowest BCUT2D eigenvalue weighted by Crippen LogP contribution is -2.56. The lowest BCUT2D eigenvalue weighted by atomic mass is 10.1. The van der Waals surface area contributed by atoms with Crippen molar-refractivity contribution >= 4 is 52.1 Å². The van der Waals surface area contributed by atoms with E-state index in [-0.39, 0.29) is 21.8 Å². The second-order valence-corrected chi connectivity index (χ2v) is 15.7. The summed E-state index contributed by atoms with van der Waals surface area (Å²) in [5, 5.41) is 36.0. The molecule has 250 valence electrons. The molecular formula is C27H43N9O6S3. The van der Waals surface area contributed by atoms with Crippen LogP contribution < -0.4 is 15.3 Å². The van der Waals surface area contributed by atoms with Gasteiger partial charge < -0.3 is 58.1 Å². The number of H-pyrrole nitrogens is 3. The van der Waals surface area contributed by atoms with Crippen LogP contribution >= 0.6 is 34.2 Å². The van der Waals surface area contributed by atoms with Crippen molar-refractivity contribution in [3.63, 3.8) is 0 Å². The fraction of sp³-hybridized carbons (Fsp3) is 0.556. The van der Waals surface area contributed by atoms with Crippen LogP contribution in [0.15, 0.2) is 34.1 Å². The van der Waals surface area contributed by atoms with Gasteiger partial charge in [0.05, 0.1) is 117 Å². The van der Waals surface area contributed by atoms with Gasteiger partial charge in [0.1, 0.15) is 33.2 Å². The summed E-state index contributed by atoms with van der Waals surface area (Å²) >= 11 is 4.13. The molecule has 3 heterocycles. The zero-order valence-electron chi connectivity index (χ0n) is 27.0. The van der Waals surface area contributed by atoms with E-state index in [1.54, 1.807) is 42.3 Å². The maximum absolute atomic E-state index is 11.6. The summed E-state index contributed by atoms with van der Waals surface area (Å²) in [7, 11) is 18.9. The largest absolute Gasteiger partial charge is 0.544 e. The van der Waals surface area contributed by atoms with Crippen molar-refractivity contribution in [2.24, 2.45) is 0 Å². The summed E-state index contributed by atoms with van der Waals surface area (Å²) in [6.45, 7) is 0. The van der Waals surface area contributed by atoms with Crippen molar-refractivity contribution in [3.05, 3.63) is 36.1 Å². The average molecular weight is 686 g/mol. The van der Waals surface area contributed by atoms with Gasteiger partial charge in [-0.3, -0.25) is 0 Å². The van der Waals surface area contributed by atoms with E-state index in [2.05, 4.69) is 42.5 Å². The summed E-state index contributed by atoms with van der Waals surface area (Å²) in [5.41, 5.74) is 2.12. The number of likely N-dealkylation sites (N-methyl/N-ethyl adjacent to an activating group) is 3. The molecule has 0 aliphatic carbocycles. The second kappa shape index (κ2) is 15.5. The molecule has 0 saturated carbocycles. The van der Waals surface area contributed by atoms with E-state index in [0.29, 0.717) is 37.4 Å². The van der Waals surface area contributed by atoms with Gasteiger partial charge in [0.25, 0.3) is 0 Å². The zero-order valence-corrected chi connectivity index (χ0v) is 29.5. The predicted octanol–water partition coefficient (Wildman–Crippen LogP) is -2.27. The third-order valence-electron chi connectivity index (χ3n) is 7.07. The smallest absolute Gasteiger partial charge is 0.134 e. The van der Waals surface area contributed by atoms with Gasteiger partial charge >= 0.3 is 0 Å². The Labute approximate surface area is 276 Å². The van der Waals surface area contributed by atoms with Crippen LogP contribution in [-0.2, 0) is 33.6 Å². The number of hydrogen-bond donors (Lipinski definition) is 4. The molecule has 0 bridgehead atoms. The molecule has 3 atom stereocenters. The fourth-order valence-electron chi connectivity index (χ4n) is 4.20. The van der Waals surface area contributed by atoms with Crippen molar-refractivity contribution in [1.29, 1.82) is 0 Å². The van der Waals surface area contributed by atoms with Crippen LogP contribution in [0.2, 0.25) is 0 Å². The third-order valence-corrected chi connectivity index (χ3v) is 9.75. The molecule has 45 heavy (non-hydrogen) atoms. The van der Waals surface area contributed by atoms with E-state index < -0.39 is 36.0 Å². The number of carbonyl (C=O) groups excluding carboxylic acids is 3. The average Bonchev–Trinajstić information content (AvgIpc) is 3.62. The maximum atomic E-state index is 11.6. The number of nitrogens with one attached hydrogen (secondary N) is 3. The number of hydrogen-bond acceptors (Lipinski definition) is 12. The van der Waals surface area contributed by atoms with Crippen molar-refractivity contribution in [2.75, 3.05) is 63.4 Å². The lowest BCUT2D eigenvalue weighted by Gasteiger charge is -2.34. The summed E-state index contributed by atoms with van der Waals surface area (Å²) in [4.78, 5) is 55.5. The molecule has 3 aromatic heterocycles. The first-order valence-electron chi connectivity index (χ1n) is 13.8. The van der Waals surface area contributed by atoms with E-state index in [9.17, 15) is 29.7 Å². The van der Waals surface area contributed by atoms with Gasteiger partial charge in [-0.05, 0) is 21.6 Å². The first kappa shape index (κ1) is 38.2. The predicted molar refractivity (Wildman–Crippen MR) is 166 cm³/mol. The molecule has 0 fully saturated rings. The zero-order chi connectivity index (χ0) is 34.3. The van der Waals surface area contributed by atoms with Crippen LogP contribution in [0.4, 0.5) is 0 Å². The van der Waals surface area contributed by atoms with E-state index in [0.717, 1.165) is 5.69 Å². The number of carboxylic acid groups (broad SMARTS) is 3. The Kier molecular flexibility index (Phi) is 13.1. The standard InChI is InChI=1S/C18H28N6O4S2.C9H15N3O2S/c1-23(2,3)13(17(25)26)7-11-15(21-9-19-11)29-30-16-12(20-10-22-16)8-14(18(27)28)24(4,5)6;1-12(2,3)7(9(13)14)4-6-8(15)11-5-10-6/h9-10,13-14H,7-8H2,1-6H3,(H2-2,19,20,21,22,25,26,27,28);5,7H,4H2,1-3H3,(H2-,10,11,13,14,15)/t13-,14-;7-/m00/s1. The van der Waals surface area contributed by atoms with Crippen molar-refractivity contribution in [2.45, 2.75) is 52.5 Å². The van der Waals surface area contributed by atoms with Gasteiger partial charge in [0.15, 0.2) is 0 Å². The van der Waals surface area contributed by atoms with Gasteiger partial charge in [0.2, 0.25) is 0 Å². The van der Waals surface area contributed by atoms with E-state index in [1.807, 2.05) is 21.1 Å². The highest BCUT2D eigenvalue weighted by Gasteiger charge is 2.30. The van der Waals surface area contributed by atoms with Gasteiger partial charge in [-0.25, -0.2) is 15.0 Å². The quantitative estimate of drug-likeness (QED) is 0.0763. The van der Waals surface area contributed by atoms with Gasteiger partial charge in [-0.2, -0.15) is 0 Å². The molecule has 0 aromatic carbocycles. The minimum atomic E-state index is -1.12. The molecule has 0 saturated heterocycles. The SMILES string of the molecule is C[N+](C)(C)[C@@H](Cc1[nH]cnc1S)C(=O)[O-].C[N+](C)(C)[C@@H](Cc1[nH]cnc1SSc1nc[nH]c1C[C@@H](C(=O)[O-])[N+](C)(C)C)C(=O)[O-]. The Morgan fingerprint density at radius 3 is 1.18 bits per heavy atom. The topological polar surface area (TPSA) is 206 Å². The van der Waals surface area contributed by atoms with E-state index in [1.165, 1.54) is 40.6 Å². The van der Waals surface area contributed by atoms with E-state index >= 15 is 0 Å². The molecule has 3 aromatic rings. The van der Waals surface area contributed by atoms with Gasteiger partial charge in [0, 0.05) is 19.3 Å². The third kappa shape index (κ3) is 11.4. The maximum Gasteiger partial charge on any atom is 0.134 e. The molecule has 0 aliphatic heterocycles. The van der Waals surface area contributed by atoms with Crippen molar-refractivity contribution in [3.8, 4) is 0 Å². The molecule has 15 nitrogen and oxygen atoms in total. The number of imidazole rings is 3. The number of nitrogens with zero attached hydrogens (tertiary/aromatic N) is 6. The highest BCUT2D eigenvalue weighted by molar-refractivity contribution is 8.76. The number of rotatable bonds is 15. The Balaban J connectivity index is 0.000000394. The molecule has 3 N–H and O–H groups in total. The van der Waals surface area contributed by atoms with Crippen LogP contribution in [0.1, 0.15) is 17.1 Å². The monoisotopic (exact) mass is 685 g/mol. The summed E-state index contributed by atoms with van der Waals surface area (Å²) < 4.78 is 0.740. The lowest BCUT2D eigenvalue weighted by molar-refractivity contribution is -0.889. The number of carboxylic acids is 3. The summed E-state index contributed by atoms with van der Waals surface area (Å²) in [5.74, 6) is -3.31. The summed E-state index contributed by atoms with van der Waals surface area (Å²) in [6, 6.07) is -2.08. The second-order valence-electron chi connectivity index (χ2n) is 13.2. The molecule has 3 rings (SSSR count). The van der Waals surface area contributed by atoms with Crippen molar-refractivity contribution < 1.29 is 43.2 Å². The number of aromatic nitrogens is 6. The van der Waals surface area contributed by atoms with E-state index in [4.69, 9.17) is 0 Å². The highest BCUT2D eigenvalue weighted by Crippen LogP contribution is 2.39. The molecule has 0 radical (unpaired) electrons.